The number of benzene rings is 1. The third-order valence-corrected chi connectivity index (χ3v) is 1.79. The first-order valence-electron chi connectivity index (χ1n) is 3.80. The minimum atomic E-state index is 0.703. The summed E-state index contributed by atoms with van der Waals surface area (Å²) in [5, 5.41) is 0. The maximum Gasteiger partial charge on any atom is 0.161 e. The van der Waals surface area contributed by atoms with E-state index < -0.39 is 0 Å². The van der Waals surface area contributed by atoms with Gasteiger partial charge in [0.25, 0.3) is 0 Å². The monoisotopic (exact) mass is 198 g/mol. The van der Waals surface area contributed by atoms with Gasteiger partial charge in [-0.25, -0.2) is 0 Å². The summed E-state index contributed by atoms with van der Waals surface area (Å²) in [4.78, 5) is 0. The molecule has 0 unspecified atom stereocenters. The largest absolute Gasteiger partial charge is 0.493 e. The van der Waals surface area contributed by atoms with Gasteiger partial charge in [-0.2, -0.15) is 0 Å². The van der Waals surface area contributed by atoms with E-state index in [2.05, 4.69) is 0 Å². The highest BCUT2D eigenvalue weighted by Gasteiger charge is 2.01. The molecule has 1 aromatic rings. The third kappa shape index (κ3) is 2.39. The van der Waals surface area contributed by atoms with E-state index in [9.17, 15) is 0 Å². The van der Waals surface area contributed by atoms with Crippen molar-refractivity contribution in [2.75, 3.05) is 14.2 Å². The lowest BCUT2D eigenvalue weighted by Crippen LogP contribution is -1.90. The number of rotatable bonds is 3. The summed E-state index contributed by atoms with van der Waals surface area (Å²) in [6.45, 7) is 0. The molecule has 1 aromatic carbocycles. The summed E-state index contributed by atoms with van der Waals surface area (Å²) < 4.78 is 10.2. The first kappa shape index (κ1) is 9.93. The molecule has 0 spiro atoms. The first-order valence-corrected chi connectivity index (χ1v) is 4.24. The van der Waals surface area contributed by atoms with Gasteiger partial charge in [-0.15, -0.1) is 0 Å². The second-order valence-corrected chi connectivity index (χ2v) is 2.66. The molecule has 2 nitrogen and oxygen atoms in total. The van der Waals surface area contributed by atoms with Crippen LogP contribution in [0.2, 0.25) is 0 Å². The molecule has 0 radical (unpaired) electrons. The topological polar surface area (TPSA) is 18.5 Å². The molecular formula is C10H11ClO2. The molecule has 0 aliphatic heterocycles. The van der Waals surface area contributed by atoms with Crippen molar-refractivity contribution in [1.82, 2.24) is 0 Å². The van der Waals surface area contributed by atoms with E-state index in [1.54, 1.807) is 20.3 Å². The van der Waals surface area contributed by atoms with Gasteiger partial charge in [0, 0.05) is 5.54 Å². The summed E-state index contributed by atoms with van der Waals surface area (Å²) in [6.07, 6.45) is 1.78. The molecule has 0 amide bonds. The fourth-order valence-corrected chi connectivity index (χ4v) is 1.17. The molecule has 0 saturated carbocycles. The lowest BCUT2D eigenvalue weighted by Gasteiger charge is -2.07. The SMILES string of the molecule is COc1ccc(C=CCl)cc1OC. The van der Waals surface area contributed by atoms with E-state index in [4.69, 9.17) is 21.1 Å². The Balaban J connectivity index is 3.05. The molecule has 0 aliphatic carbocycles. The average Bonchev–Trinajstić information content (AvgIpc) is 2.18. The molecule has 0 fully saturated rings. The summed E-state index contributed by atoms with van der Waals surface area (Å²) in [7, 11) is 3.21. The van der Waals surface area contributed by atoms with E-state index in [1.165, 1.54) is 5.54 Å². The average molecular weight is 199 g/mol. The fraction of sp³-hybridized carbons (Fsp3) is 0.200. The second-order valence-electron chi connectivity index (χ2n) is 2.41. The molecule has 1 rings (SSSR count). The van der Waals surface area contributed by atoms with Crippen LogP contribution in [0.5, 0.6) is 11.5 Å². The quantitative estimate of drug-likeness (QED) is 0.744. The van der Waals surface area contributed by atoms with Gasteiger partial charge in [0.2, 0.25) is 0 Å². The van der Waals surface area contributed by atoms with Gasteiger partial charge in [0.15, 0.2) is 11.5 Å². The number of methoxy groups -OCH3 is 2. The lowest BCUT2D eigenvalue weighted by atomic mass is 10.2. The van der Waals surface area contributed by atoms with Gasteiger partial charge in [-0.05, 0) is 23.8 Å². The zero-order chi connectivity index (χ0) is 9.68. The van der Waals surface area contributed by atoms with Crippen LogP contribution in [0.15, 0.2) is 23.7 Å². The molecule has 0 heterocycles. The van der Waals surface area contributed by atoms with E-state index in [1.807, 2.05) is 18.2 Å². The number of ether oxygens (including phenoxy) is 2. The van der Waals surface area contributed by atoms with Crippen molar-refractivity contribution < 1.29 is 9.47 Å². The number of hydrogen-bond acceptors (Lipinski definition) is 2. The summed E-state index contributed by atoms with van der Waals surface area (Å²) in [5.41, 5.74) is 2.44. The van der Waals surface area contributed by atoms with E-state index in [0.29, 0.717) is 11.5 Å². The molecular weight excluding hydrogens is 188 g/mol. The molecule has 3 heteroatoms. The Labute approximate surface area is 82.7 Å². The predicted octanol–water partition coefficient (Wildman–Crippen LogP) is 2.91. The molecule has 0 saturated heterocycles. The Hall–Kier alpha value is -1.15. The Morgan fingerprint density at radius 1 is 1.15 bits per heavy atom. The molecule has 13 heavy (non-hydrogen) atoms. The minimum Gasteiger partial charge on any atom is -0.493 e. The molecule has 0 aromatic heterocycles. The summed E-state index contributed by atoms with van der Waals surface area (Å²) >= 11 is 5.45. The van der Waals surface area contributed by atoms with Crippen LogP contribution in [-0.2, 0) is 0 Å². The Morgan fingerprint density at radius 3 is 2.38 bits per heavy atom. The van der Waals surface area contributed by atoms with Gasteiger partial charge >= 0.3 is 0 Å². The van der Waals surface area contributed by atoms with Crippen LogP contribution in [0.4, 0.5) is 0 Å². The highest BCUT2D eigenvalue weighted by molar-refractivity contribution is 6.27. The van der Waals surface area contributed by atoms with Crippen LogP contribution in [0.1, 0.15) is 5.56 Å². The van der Waals surface area contributed by atoms with Gasteiger partial charge in [-0.1, -0.05) is 17.7 Å². The zero-order valence-electron chi connectivity index (χ0n) is 7.58. The van der Waals surface area contributed by atoms with E-state index in [-0.39, 0.29) is 0 Å². The van der Waals surface area contributed by atoms with Crippen LogP contribution in [0.3, 0.4) is 0 Å². The number of halogens is 1. The van der Waals surface area contributed by atoms with Crippen molar-refractivity contribution in [3.05, 3.63) is 29.3 Å². The van der Waals surface area contributed by atoms with E-state index >= 15 is 0 Å². The first-order chi connectivity index (χ1) is 6.31. The highest BCUT2D eigenvalue weighted by Crippen LogP contribution is 2.27. The van der Waals surface area contributed by atoms with Crippen LogP contribution in [-0.4, -0.2) is 14.2 Å². The fourth-order valence-electron chi connectivity index (χ4n) is 1.03. The molecule has 0 N–H and O–H groups in total. The normalized spacial score (nSPS) is 10.4. The Kier molecular flexibility index (Phi) is 3.65. The highest BCUT2D eigenvalue weighted by atomic mass is 35.5. The molecule has 0 bridgehead atoms. The van der Waals surface area contributed by atoms with Crippen molar-refractivity contribution in [2.45, 2.75) is 0 Å². The summed E-state index contributed by atoms with van der Waals surface area (Å²) in [6, 6.07) is 5.60. The molecule has 0 aliphatic rings. The maximum atomic E-state index is 5.45. The minimum absolute atomic E-state index is 0.703. The third-order valence-electron chi connectivity index (χ3n) is 1.66. The smallest absolute Gasteiger partial charge is 0.161 e. The number of hydrogen-bond donors (Lipinski definition) is 0. The molecule has 70 valence electrons. The second kappa shape index (κ2) is 4.77. The van der Waals surface area contributed by atoms with E-state index in [0.717, 1.165) is 5.56 Å². The van der Waals surface area contributed by atoms with Crippen molar-refractivity contribution in [2.24, 2.45) is 0 Å². The standard InChI is InChI=1S/C10H11ClO2/c1-12-9-4-3-8(5-6-11)7-10(9)13-2/h3-7H,1-2H3. The van der Waals surface area contributed by atoms with Crippen LogP contribution < -0.4 is 9.47 Å². The van der Waals surface area contributed by atoms with Crippen LogP contribution >= 0.6 is 11.6 Å². The van der Waals surface area contributed by atoms with Crippen molar-refractivity contribution in [3.63, 3.8) is 0 Å². The molecule has 0 atom stereocenters. The van der Waals surface area contributed by atoms with Crippen LogP contribution in [0, 0.1) is 0 Å². The predicted molar refractivity (Wildman–Crippen MR) is 54.4 cm³/mol. The zero-order valence-corrected chi connectivity index (χ0v) is 8.34. The summed E-state index contributed by atoms with van der Waals surface area (Å²) in [5.74, 6) is 1.42. The van der Waals surface area contributed by atoms with Gasteiger partial charge in [-0.3, -0.25) is 0 Å². The van der Waals surface area contributed by atoms with Crippen molar-refractivity contribution in [3.8, 4) is 11.5 Å². The van der Waals surface area contributed by atoms with Gasteiger partial charge < -0.3 is 9.47 Å². The van der Waals surface area contributed by atoms with Crippen LogP contribution in [0.25, 0.3) is 6.08 Å². The van der Waals surface area contributed by atoms with Gasteiger partial charge in [0.1, 0.15) is 0 Å². The van der Waals surface area contributed by atoms with Crippen molar-refractivity contribution in [1.29, 1.82) is 0 Å². The maximum absolute atomic E-state index is 5.45. The Bertz CT molecular complexity index is 308. The Morgan fingerprint density at radius 2 is 1.85 bits per heavy atom. The van der Waals surface area contributed by atoms with Crippen molar-refractivity contribution >= 4 is 17.7 Å². The van der Waals surface area contributed by atoms with Gasteiger partial charge in [0.05, 0.1) is 14.2 Å². The lowest BCUT2D eigenvalue weighted by molar-refractivity contribution is 0.355.